The number of likely N-dealkylation sites (N-methyl/N-ethyl adjacent to an activating group) is 1. The van der Waals surface area contributed by atoms with Gasteiger partial charge in [0.15, 0.2) is 0 Å². The number of piperazine rings is 1. The van der Waals surface area contributed by atoms with Crippen LogP contribution in [0.1, 0.15) is 34.6 Å². The Balaban J connectivity index is 1.56. The number of anilines is 1. The molecule has 0 aromatic heterocycles. The van der Waals surface area contributed by atoms with Crippen LogP contribution in [0, 0.1) is 10.8 Å². The van der Waals surface area contributed by atoms with Gasteiger partial charge in [-0.15, -0.1) is 11.8 Å². The second kappa shape index (κ2) is 10.7. The van der Waals surface area contributed by atoms with E-state index in [2.05, 4.69) is 31.4 Å². The summed E-state index contributed by atoms with van der Waals surface area (Å²) in [5.41, 5.74) is -2.04. The number of benzene rings is 1. The third kappa shape index (κ3) is 5.29. The van der Waals surface area contributed by atoms with Gasteiger partial charge in [0.25, 0.3) is 5.91 Å². The molecule has 218 valence electrons. The molecule has 0 spiro atoms. The number of urea groups is 1. The van der Waals surface area contributed by atoms with Crippen LogP contribution in [0.2, 0.25) is 10.0 Å². The van der Waals surface area contributed by atoms with Crippen LogP contribution in [0.4, 0.5) is 10.5 Å². The molecule has 10 nitrogen and oxygen atoms in total. The van der Waals surface area contributed by atoms with Crippen LogP contribution in [0.25, 0.3) is 0 Å². The largest absolute Gasteiger partial charge is 0.332 e. The number of allylic oxidation sites excluding steroid dienone is 1. The van der Waals surface area contributed by atoms with E-state index < -0.39 is 23.0 Å². The first-order chi connectivity index (χ1) is 18.5. The lowest BCUT2D eigenvalue weighted by atomic mass is 9.89. The Hall–Kier alpha value is -2.47. The molecule has 3 unspecified atom stereocenters. The summed E-state index contributed by atoms with van der Waals surface area (Å²) < 4.78 is 0. The Labute approximate surface area is 248 Å². The maximum atomic E-state index is 14.3. The number of fused-ring (bicyclic) bond motifs is 1. The van der Waals surface area contributed by atoms with Gasteiger partial charge in [-0.05, 0) is 36.3 Å². The summed E-state index contributed by atoms with van der Waals surface area (Å²) in [5, 5.41) is 7.05. The van der Waals surface area contributed by atoms with E-state index in [9.17, 15) is 19.2 Å². The van der Waals surface area contributed by atoms with Gasteiger partial charge in [-0.3, -0.25) is 19.2 Å². The predicted octanol–water partition coefficient (Wildman–Crippen LogP) is 4.00. The fourth-order valence-corrected chi connectivity index (χ4v) is 7.21. The van der Waals surface area contributed by atoms with Crippen LogP contribution in [-0.4, -0.2) is 89.2 Å². The van der Waals surface area contributed by atoms with E-state index >= 15 is 0 Å². The maximum absolute atomic E-state index is 14.3. The van der Waals surface area contributed by atoms with Crippen molar-refractivity contribution < 1.29 is 24.0 Å². The van der Waals surface area contributed by atoms with Crippen molar-refractivity contribution >= 4 is 64.4 Å². The minimum atomic E-state index is -1.20. The van der Waals surface area contributed by atoms with Crippen molar-refractivity contribution in [2.75, 3.05) is 39.1 Å². The van der Waals surface area contributed by atoms with Gasteiger partial charge in [0.05, 0.1) is 34.1 Å². The summed E-state index contributed by atoms with van der Waals surface area (Å²) in [4.78, 5) is 62.2. The van der Waals surface area contributed by atoms with Crippen LogP contribution in [0.5, 0.6) is 0 Å². The van der Waals surface area contributed by atoms with Crippen molar-refractivity contribution in [3.05, 3.63) is 39.2 Å². The van der Waals surface area contributed by atoms with E-state index in [-0.39, 0.29) is 53.0 Å². The number of nitrogens with zero attached hydrogens (tertiary/aromatic N) is 3. The van der Waals surface area contributed by atoms with Crippen molar-refractivity contribution in [3.63, 3.8) is 0 Å². The van der Waals surface area contributed by atoms with E-state index in [0.29, 0.717) is 10.7 Å². The molecule has 3 aliphatic rings. The molecule has 1 aromatic rings. The molecule has 1 aliphatic carbocycles. The minimum absolute atomic E-state index is 0.150. The number of hydrogen-bond acceptors (Lipinski definition) is 6. The van der Waals surface area contributed by atoms with Crippen LogP contribution in [0.3, 0.4) is 0 Å². The SMILES string of the molecule is CON(C)C(=O)CN1CCN(C(=O)C23C=C(C(C)(C)C)SC2C3NC(=O)Nc2cccc(Cl)c2Cl)C(C)(C)C1=O. The lowest BCUT2D eigenvalue weighted by Crippen LogP contribution is -2.66. The molecule has 2 N–H and O–H groups in total. The maximum Gasteiger partial charge on any atom is 0.319 e. The van der Waals surface area contributed by atoms with Crippen LogP contribution < -0.4 is 10.6 Å². The minimum Gasteiger partial charge on any atom is -0.332 e. The number of nitrogens with one attached hydrogen (secondary N) is 2. The summed E-state index contributed by atoms with van der Waals surface area (Å²) in [7, 11) is 2.85. The molecule has 13 heteroatoms. The van der Waals surface area contributed by atoms with Gasteiger partial charge in [-0.25, -0.2) is 9.86 Å². The molecule has 3 atom stereocenters. The zero-order chi connectivity index (χ0) is 29.8. The number of amides is 5. The first-order valence-electron chi connectivity index (χ1n) is 12.9. The molecule has 5 amide bonds. The van der Waals surface area contributed by atoms with Gasteiger partial charge in [0.2, 0.25) is 11.8 Å². The molecular weight excluding hydrogens is 577 g/mol. The van der Waals surface area contributed by atoms with Crippen molar-refractivity contribution in [3.8, 4) is 0 Å². The molecular formula is C27H35Cl2N5O5S. The average Bonchev–Trinajstić information content (AvgIpc) is 3.25. The Morgan fingerprint density at radius 2 is 1.88 bits per heavy atom. The molecule has 0 radical (unpaired) electrons. The van der Waals surface area contributed by atoms with Gasteiger partial charge in [-0.1, -0.05) is 56.1 Å². The standard InChI is InChI=1S/C27H35Cl2N5O5S/c1-25(2,3)17-13-27(20(21(27)40-17)31-24(38)30-16-10-8-9-15(28)19(16)29)23(37)34-12-11-33(22(36)26(34,4)5)14-18(35)32(6)39-7/h8-10,13,20-21H,11-12,14H2,1-7H3,(H2,30,31,38). The molecule has 4 rings (SSSR count). The fraction of sp³-hybridized carbons (Fsp3) is 0.556. The zero-order valence-corrected chi connectivity index (χ0v) is 26.0. The lowest BCUT2D eigenvalue weighted by Gasteiger charge is -2.46. The molecule has 40 heavy (non-hydrogen) atoms. The van der Waals surface area contributed by atoms with Crippen LogP contribution in [-0.2, 0) is 19.2 Å². The van der Waals surface area contributed by atoms with Crippen molar-refractivity contribution in [2.45, 2.75) is 51.4 Å². The predicted molar refractivity (Wildman–Crippen MR) is 156 cm³/mol. The smallest absolute Gasteiger partial charge is 0.319 e. The number of hydroxylamine groups is 2. The third-order valence-corrected chi connectivity index (χ3v) is 10.4. The Morgan fingerprint density at radius 3 is 2.50 bits per heavy atom. The quantitative estimate of drug-likeness (QED) is 0.470. The number of thioether (sulfide) groups is 1. The number of rotatable bonds is 6. The van der Waals surface area contributed by atoms with Crippen molar-refractivity contribution in [1.82, 2.24) is 20.2 Å². The monoisotopic (exact) mass is 611 g/mol. The van der Waals surface area contributed by atoms with E-state index in [1.807, 2.05) is 6.08 Å². The summed E-state index contributed by atoms with van der Waals surface area (Å²) in [6.07, 6.45) is 1.96. The molecule has 1 saturated carbocycles. The van der Waals surface area contributed by atoms with E-state index in [1.165, 1.54) is 19.1 Å². The Kier molecular flexibility index (Phi) is 8.19. The normalized spacial score (nSPS) is 25.2. The highest BCUT2D eigenvalue weighted by Crippen LogP contribution is 2.66. The summed E-state index contributed by atoms with van der Waals surface area (Å²) in [6.45, 7) is 9.89. The highest BCUT2D eigenvalue weighted by molar-refractivity contribution is 8.04. The van der Waals surface area contributed by atoms with Gasteiger partial charge >= 0.3 is 6.03 Å². The fourth-order valence-electron chi connectivity index (χ4n) is 5.11. The third-order valence-electron chi connectivity index (χ3n) is 7.67. The van der Waals surface area contributed by atoms with Crippen LogP contribution in [0.15, 0.2) is 29.2 Å². The lowest BCUT2D eigenvalue weighted by molar-refractivity contribution is -0.175. The highest BCUT2D eigenvalue weighted by Gasteiger charge is 2.74. The second-order valence-electron chi connectivity index (χ2n) is 11.7. The van der Waals surface area contributed by atoms with Crippen LogP contribution >= 0.6 is 35.0 Å². The average molecular weight is 613 g/mol. The van der Waals surface area contributed by atoms with E-state index in [0.717, 1.165) is 9.97 Å². The number of halogens is 2. The number of carbonyl (C=O) groups is 4. The van der Waals surface area contributed by atoms with Crippen molar-refractivity contribution in [2.24, 2.45) is 10.8 Å². The molecule has 2 aliphatic heterocycles. The highest BCUT2D eigenvalue weighted by atomic mass is 35.5. The Bertz CT molecular complexity index is 1280. The zero-order valence-electron chi connectivity index (χ0n) is 23.6. The van der Waals surface area contributed by atoms with Gasteiger partial charge < -0.3 is 20.4 Å². The van der Waals surface area contributed by atoms with E-state index in [4.69, 9.17) is 28.0 Å². The first-order valence-corrected chi connectivity index (χ1v) is 14.5. The van der Waals surface area contributed by atoms with Gasteiger partial charge in [-0.2, -0.15) is 0 Å². The number of hydrogen-bond donors (Lipinski definition) is 2. The topological polar surface area (TPSA) is 111 Å². The molecule has 2 fully saturated rings. The molecule has 1 aromatic carbocycles. The summed E-state index contributed by atoms with van der Waals surface area (Å²) in [5.74, 6) is -0.928. The molecule has 1 saturated heterocycles. The van der Waals surface area contributed by atoms with Gasteiger partial charge in [0, 0.05) is 20.1 Å². The second-order valence-corrected chi connectivity index (χ2v) is 13.7. The Morgan fingerprint density at radius 1 is 1.20 bits per heavy atom. The van der Waals surface area contributed by atoms with Crippen molar-refractivity contribution in [1.29, 1.82) is 0 Å². The first kappa shape index (κ1) is 30.5. The molecule has 0 bridgehead atoms. The van der Waals surface area contributed by atoms with E-state index in [1.54, 1.807) is 48.7 Å². The number of carbonyl (C=O) groups excluding carboxylic acids is 4. The molecule has 2 heterocycles. The summed E-state index contributed by atoms with van der Waals surface area (Å²) in [6, 6.07) is 3.93. The van der Waals surface area contributed by atoms with Gasteiger partial charge in [0.1, 0.15) is 17.5 Å². The summed E-state index contributed by atoms with van der Waals surface area (Å²) >= 11 is 13.9.